The highest BCUT2D eigenvalue weighted by molar-refractivity contribution is 6.34. The zero-order chi connectivity index (χ0) is 30.3. The Kier molecular flexibility index (Phi) is 13.4. The molecule has 42 heavy (non-hydrogen) atoms. The number of nitrogens with one attached hydrogen (secondary N) is 2. The number of carbonyl (C=O) groups excluding carboxylic acids is 3. The van der Waals surface area contributed by atoms with Gasteiger partial charge in [-0.2, -0.15) is 0 Å². The molecule has 0 saturated heterocycles. The number of rotatable bonds is 17. The first kappa shape index (κ1) is 32.7. The predicted molar refractivity (Wildman–Crippen MR) is 169 cm³/mol. The number of methoxy groups -OCH3 is 1. The van der Waals surface area contributed by atoms with Crippen molar-refractivity contribution in [2.45, 2.75) is 71.6 Å². The Morgan fingerprint density at radius 3 is 2.19 bits per heavy atom. The summed E-state index contributed by atoms with van der Waals surface area (Å²) in [5.74, 6) is 0.159. The summed E-state index contributed by atoms with van der Waals surface area (Å²) in [6, 6.07) is 17.6. The molecule has 0 saturated carbocycles. The SMILES string of the molecule is CCCCCc1ccc(OCC(=O)Nc2ccc(Cl)c(NC(=O)CC(=O)c3ccc(OC)cc3)c2)c(CCCCC)c1. The van der Waals surface area contributed by atoms with Gasteiger partial charge in [0.05, 0.1) is 24.2 Å². The molecule has 0 aliphatic heterocycles. The highest BCUT2D eigenvalue weighted by atomic mass is 35.5. The van der Waals surface area contributed by atoms with Gasteiger partial charge in [0.2, 0.25) is 5.91 Å². The number of halogens is 1. The highest BCUT2D eigenvalue weighted by Crippen LogP contribution is 2.27. The van der Waals surface area contributed by atoms with Gasteiger partial charge in [0, 0.05) is 11.3 Å². The van der Waals surface area contributed by atoms with Gasteiger partial charge >= 0.3 is 0 Å². The number of benzene rings is 3. The van der Waals surface area contributed by atoms with Crippen molar-refractivity contribution in [2.24, 2.45) is 0 Å². The van der Waals surface area contributed by atoms with Crippen molar-refractivity contribution in [3.8, 4) is 11.5 Å². The maximum absolute atomic E-state index is 12.8. The molecule has 0 unspecified atom stereocenters. The van der Waals surface area contributed by atoms with Gasteiger partial charge in [-0.15, -0.1) is 0 Å². The molecule has 3 aromatic rings. The van der Waals surface area contributed by atoms with Crippen LogP contribution in [0.5, 0.6) is 11.5 Å². The third kappa shape index (κ3) is 10.5. The summed E-state index contributed by atoms with van der Waals surface area (Å²) in [7, 11) is 1.54. The Hall–Kier alpha value is -3.84. The lowest BCUT2D eigenvalue weighted by atomic mass is 10.0. The predicted octanol–water partition coefficient (Wildman–Crippen LogP) is 8.04. The Labute approximate surface area is 253 Å². The molecule has 0 aliphatic rings. The van der Waals surface area contributed by atoms with E-state index in [-0.39, 0.29) is 29.7 Å². The third-order valence-corrected chi connectivity index (χ3v) is 7.19. The van der Waals surface area contributed by atoms with Gasteiger partial charge in [-0.25, -0.2) is 0 Å². The number of hydrogen-bond donors (Lipinski definition) is 2. The largest absolute Gasteiger partial charge is 0.497 e. The summed E-state index contributed by atoms with van der Waals surface area (Å²) in [5, 5.41) is 5.74. The molecular weight excluding hydrogens is 552 g/mol. The van der Waals surface area contributed by atoms with Crippen LogP contribution >= 0.6 is 11.6 Å². The number of carbonyl (C=O) groups is 3. The summed E-state index contributed by atoms with van der Waals surface area (Å²) < 4.78 is 11.0. The topological polar surface area (TPSA) is 93.7 Å². The first-order valence-corrected chi connectivity index (χ1v) is 15.0. The smallest absolute Gasteiger partial charge is 0.262 e. The van der Waals surface area contributed by atoms with Crippen molar-refractivity contribution in [2.75, 3.05) is 24.4 Å². The first-order chi connectivity index (χ1) is 20.3. The molecular formula is C34H41ClN2O5. The molecule has 0 atom stereocenters. The van der Waals surface area contributed by atoms with Crippen molar-refractivity contribution in [3.05, 3.63) is 82.4 Å². The summed E-state index contributed by atoms with van der Waals surface area (Å²) in [6.45, 7) is 4.22. The quantitative estimate of drug-likeness (QED) is 0.0939. The Bertz CT molecular complexity index is 1340. The number of ketones is 1. The molecule has 0 spiro atoms. The van der Waals surface area contributed by atoms with E-state index >= 15 is 0 Å². The fourth-order valence-corrected chi connectivity index (χ4v) is 4.69. The van der Waals surface area contributed by atoms with Gasteiger partial charge in [0.1, 0.15) is 11.5 Å². The molecule has 0 fully saturated rings. The Morgan fingerprint density at radius 2 is 1.50 bits per heavy atom. The van der Waals surface area contributed by atoms with E-state index in [1.54, 1.807) is 42.5 Å². The number of anilines is 2. The van der Waals surface area contributed by atoms with Gasteiger partial charge in [0.15, 0.2) is 12.4 Å². The minimum atomic E-state index is -0.515. The molecule has 224 valence electrons. The van der Waals surface area contributed by atoms with E-state index in [1.807, 2.05) is 6.07 Å². The molecule has 2 amide bonds. The lowest BCUT2D eigenvalue weighted by Gasteiger charge is -2.14. The number of amides is 2. The van der Waals surface area contributed by atoms with E-state index in [1.165, 1.54) is 25.5 Å². The zero-order valence-electron chi connectivity index (χ0n) is 24.8. The van der Waals surface area contributed by atoms with E-state index < -0.39 is 5.91 Å². The van der Waals surface area contributed by atoms with Gasteiger partial charge in [0.25, 0.3) is 5.91 Å². The van der Waals surface area contributed by atoms with Crippen LogP contribution in [0.4, 0.5) is 11.4 Å². The fourth-order valence-electron chi connectivity index (χ4n) is 4.53. The first-order valence-electron chi connectivity index (χ1n) is 14.6. The normalized spacial score (nSPS) is 10.7. The van der Waals surface area contributed by atoms with Crippen LogP contribution in [0.2, 0.25) is 5.02 Å². The van der Waals surface area contributed by atoms with E-state index in [0.717, 1.165) is 49.8 Å². The molecule has 0 bridgehead atoms. The fraction of sp³-hybridized carbons (Fsp3) is 0.382. The molecule has 0 aliphatic carbocycles. The van der Waals surface area contributed by atoms with Crippen LogP contribution in [-0.4, -0.2) is 31.3 Å². The van der Waals surface area contributed by atoms with Crippen LogP contribution in [0.3, 0.4) is 0 Å². The van der Waals surface area contributed by atoms with Crippen LogP contribution in [0, 0.1) is 0 Å². The Balaban J connectivity index is 1.58. The molecule has 3 aromatic carbocycles. The van der Waals surface area contributed by atoms with Gasteiger partial charge in [-0.05, 0) is 85.3 Å². The Morgan fingerprint density at radius 1 is 0.786 bits per heavy atom. The number of aryl methyl sites for hydroxylation is 2. The van der Waals surface area contributed by atoms with Crippen LogP contribution in [-0.2, 0) is 22.4 Å². The summed E-state index contributed by atoms with van der Waals surface area (Å²) >= 11 is 6.28. The summed E-state index contributed by atoms with van der Waals surface area (Å²) in [5.41, 5.74) is 3.57. The van der Waals surface area contributed by atoms with Crippen molar-refractivity contribution >= 4 is 40.6 Å². The van der Waals surface area contributed by atoms with E-state index in [0.29, 0.717) is 22.7 Å². The van der Waals surface area contributed by atoms with Crippen molar-refractivity contribution in [1.29, 1.82) is 0 Å². The second kappa shape index (κ2) is 17.2. The maximum atomic E-state index is 12.8. The van der Waals surface area contributed by atoms with Crippen LogP contribution in [0.25, 0.3) is 0 Å². The third-order valence-electron chi connectivity index (χ3n) is 6.86. The molecule has 7 nitrogen and oxygen atoms in total. The monoisotopic (exact) mass is 592 g/mol. The molecule has 3 rings (SSSR count). The molecule has 0 radical (unpaired) electrons. The van der Waals surface area contributed by atoms with Crippen molar-refractivity contribution < 1.29 is 23.9 Å². The number of ether oxygens (including phenoxy) is 2. The van der Waals surface area contributed by atoms with Crippen molar-refractivity contribution in [3.63, 3.8) is 0 Å². The average Bonchev–Trinajstić information content (AvgIpc) is 2.98. The van der Waals surface area contributed by atoms with Crippen LogP contribution < -0.4 is 20.1 Å². The van der Waals surface area contributed by atoms with Crippen molar-refractivity contribution in [1.82, 2.24) is 0 Å². The van der Waals surface area contributed by atoms with E-state index in [9.17, 15) is 14.4 Å². The molecule has 0 heterocycles. The van der Waals surface area contributed by atoms with Crippen LogP contribution in [0.1, 0.15) is 80.3 Å². The zero-order valence-corrected chi connectivity index (χ0v) is 25.5. The second-order valence-electron chi connectivity index (χ2n) is 10.3. The molecule has 2 N–H and O–H groups in total. The number of unbranched alkanes of at least 4 members (excludes halogenated alkanes) is 4. The van der Waals surface area contributed by atoms with Crippen LogP contribution in [0.15, 0.2) is 60.7 Å². The van der Waals surface area contributed by atoms with Gasteiger partial charge in [-0.3, -0.25) is 14.4 Å². The lowest BCUT2D eigenvalue weighted by molar-refractivity contribution is -0.118. The number of hydrogen-bond acceptors (Lipinski definition) is 5. The maximum Gasteiger partial charge on any atom is 0.262 e. The van der Waals surface area contributed by atoms with E-state index in [4.69, 9.17) is 21.1 Å². The molecule has 0 aromatic heterocycles. The highest BCUT2D eigenvalue weighted by Gasteiger charge is 2.15. The van der Waals surface area contributed by atoms with Gasteiger partial charge < -0.3 is 20.1 Å². The minimum Gasteiger partial charge on any atom is -0.497 e. The average molecular weight is 593 g/mol. The lowest BCUT2D eigenvalue weighted by Crippen LogP contribution is -2.21. The van der Waals surface area contributed by atoms with E-state index in [2.05, 4.69) is 36.6 Å². The minimum absolute atomic E-state index is 0.156. The van der Waals surface area contributed by atoms with Gasteiger partial charge in [-0.1, -0.05) is 63.3 Å². The standard InChI is InChI=1S/C34H41ClN2O5/c1-4-6-8-10-24-12-19-32(26(20-24)11-9-7-5-2)42-23-34(40)36-27-15-18-29(35)30(21-27)37-33(39)22-31(38)25-13-16-28(41-3)17-14-25/h12-21H,4-11,22-23H2,1-3H3,(H,36,40)(H,37,39). The summed E-state index contributed by atoms with van der Waals surface area (Å²) in [6.07, 6.45) is 8.51. The summed E-state index contributed by atoms with van der Waals surface area (Å²) in [4.78, 5) is 37.8. The second-order valence-corrected chi connectivity index (χ2v) is 10.7. The molecule has 8 heteroatoms. The number of Topliss-reactive ketones (excluding diaryl/α,β-unsaturated/α-hetero) is 1.